The van der Waals surface area contributed by atoms with Crippen molar-refractivity contribution in [3.8, 4) is 0 Å². The maximum atomic E-state index is 12.8. The van der Waals surface area contributed by atoms with Gasteiger partial charge in [-0.15, -0.1) is 0 Å². The van der Waals surface area contributed by atoms with Gasteiger partial charge in [0.05, 0.1) is 16.4 Å². The molecule has 2 aromatic rings. The van der Waals surface area contributed by atoms with Crippen LogP contribution >= 0.6 is 0 Å². The summed E-state index contributed by atoms with van der Waals surface area (Å²) >= 11 is 0. The van der Waals surface area contributed by atoms with Crippen LogP contribution in [0.5, 0.6) is 0 Å². The third-order valence-corrected chi connectivity index (χ3v) is 8.41. The van der Waals surface area contributed by atoms with Crippen LogP contribution in [0.15, 0.2) is 47.4 Å². The lowest BCUT2D eigenvalue weighted by Gasteiger charge is -2.17. The van der Waals surface area contributed by atoms with Crippen molar-refractivity contribution in [3.05, 3.63) is 59.2 Å². The van der Waals surface area contributed by atoms with Gasteiger partial charge >= 0.3 is 0 Å². The summed E-state index contributed by atoms with van der Waals surface area (Å²) in [6.07, 6.45) is 0.243. The number of rotatable bonds is 6. The number of hydrogen-bond donors (Lipinski definition) is 2. The van der Waals surface area contributed by atoms with Crippen molar-refractivity contribution < 1.29 is 21.6 Å². The molecule has 2 N–H and O–H groups in total. The van der Waals surface area contributed by atoms with Crippen LogP contribution in [0.25, 0.3) is 0 Å². The van der Waals surface area contributed by atoms with E-state index in [4.69, 9.17) is 0 Å². The SMILES string of the molecule is Cc1cccc(C(C)C)c1NC(=O)c1cccc(S(=O)(=O)NC2CCS(=O)(=O)C2)c1. The third kappa shape index (κ3) is 5.08. The number of aryl methyl sites for hydroxylation is 1. The number of benzene rings is 2. The summed E-state index contributed by atoms with van der Waals surface area (Å²) in [5.41, 5.74) is 2.84. The molecule has 1 fully saturated rings. The molecule has 0 bridgehead atoms. The molecule has 1 amide bonds. The van der Waals surface area contributed by atoms with E-state index in [1.54, 1.807) is 6.07 Å². The number of amides is 1. The Kier molecular flexibility index (Phi) is 6.35. The minimum absolute atomic E-state index is 0.0305. The Labute approximate surface area is 177 Å². The highest BCUT2D eigenvalue weighted by molar-refractivity contribution is 7.92. The van der Waals surface area contributed by atoms with Crippen LogP contribution in [0.3, 0.4) is 0 Å². The Hall–Kier alpha value is -2.23. The molecule has 7 nitrogen and oxygen atoms in total. The fraction of sp³-hybridized carbons (Fsp3) is 0.381. The van der Waals surface area contributed by atoms with Crippen LogP contribution in [0.1, 0.15) is 47.7 Å². The number of carbonyl (C=O) groups is 1. The molecular weight excluding hydrogens is 424 g/mol. The predicted octanol–water partition coefficient (Wildman–Crippen LogP) is 2.84. The largest absolute Gasteiger partial charge is 0.321 e. The average Bonchev–Trinajstić information content (AvgIpc) is 3.00. The second-order valence-corrected chi connectivity index (χ2v) is 11.8. The van der Waals surface area contributed by atoms with Crippen molar-refractivity contribution in [2.75, 3.05) is 16.8 Å². The summed E-state index contributed by atoms with van der Waals surface area (Å²) < 4.78 is 51.0. The fourth-order valence-corrected chi connectivity index (χ4v) is 6.60. The van der Waals surface area contributed by atoms with E-state index in [2.05, 4.69) is 10.0 Å². The Morgan fingerprint density at radius 2 is 1.83 bits per heavy atom. The molecule has 1 heterocycles. The molecule has 3 rings (SSSR count). The van der Waals surface area contributed by atoms with E-state index in [1.165, 1.54) is 18.2 Å². The summed E-state index contributed by atoms with van der Waals surface area (Å²) in [4.78, 5) is 12.8. The number of hydrogen-bond acceptors (Lipinski definition) is 5. The van der Waals surface area contributed by atoms with Gasteiger partial charge in [0.25, 0.3) is 5.91 Å². The zero-order valence-electron chi connectivity index (χ0n) is 17.2. The number of sulfone groups is 1. The van der Waals surface area contributed by atoms with Gasteiger partial charge in [0.2, 0.25) is 10.0 Å². The van der Waals surface area contributed by atoms with E-state index in [0.717, 1.165) is 16.8 Å². The van der Waals surface area contributed by atoms with Gasteiger partial charge in [-0.3, -0.25) is 4.79 Å². The molecule has 1 atom stereocenters. The van der Waals surface area contributed by atoms with Crippen LogP contribution < -0.4 is 10.0 Å². The lowest BCUT2D eigenvalue weighted by molar-refractivity contribution is 0.102. The van der Waals surface area contributed by atoms with Crippen molar-refractivity contribution in [3.63, 3.8) is 0 Å². The zero-order valence-corrected chi connectivity index (χ0v) is 18.8. The van der Waals surface area contributed by atoms with Gasteiger partial charge in [-0.05, 0) is 48.6 Å². The summed E-state index contributed by atoms with van der Waals surface area (Å²) in [6, 6.07) is 10.9. The van der Waals surface area contributed by atoms with Crippen LogP contribution in [0.4, 0.5) is 5.69 Å². The molecule has 0 saturated carbocycles. The quantitative estimate of drug-likeness (QED) is 0.703. The molecule has 1 unspecified atom stereocenters. The minimum Gasteiger partial charge on any atom is -0.321 e. The minimum atomic E-state index is -3.95. The number of anilines is 1. The van der Waals surface area contributed by atoms with Gasteiger partial charge in [-0.25, -0.2) is 21.6 Å². The molecule has 30 heavy (non-hydrogen) atoms. The van der Waals surface area contributed by atoms with E-state index >= 15 is 0 Å². The number of nitrogens with one attached hydrogen (secondary N) is 2. The van der Waals surface area contributed by atoms with E-state index in [0.29, 0.717) is 0 Å². The zero-order chi connectivity index (χ0) is 22.1. The second kappa shape index (κ2) is 8.49. The number of carbonyl (C=O) groups excluding carboxylic acids is 1. The molecule has 2 aromatic carbocycles. The van der Waals surface area contributed by atoms with Crippen molar-refractivity contribution in [2.24, 2.45) is 0 Å². The molecule has 1 saturated heterocycles. The highest BCUT2D eigenvalue weighted by Gasteiger charge is 2.31. The van der Waals surface area contributed by atoms with E-state index in [1.807, 2.05) is 39.0 Å². The van der Waals surface area contributed by atoms with Gasteiger partial charge in [-0.2, -0.15) is 0 Å². The van der Waals surface area contributed by atoms with Crippen molar-refractivity contribution >= 4 is 31.5 Å². The van der Waals surface area contributed by atoms with Crippen molar-refractivity contribution in [2.45, 2.75) is 44.0 Å². The van der Waals surface area contributed by atoms with Crippen LogP contribution in [-0.4, -0.2) is 40.3 Å². The first-order valence-electron chi connectivity index (χ1n) is 9.72. The summed E-state index contributed by atoms with van der Waals surface area (Å²) in [7, 11) is -7.16. The Morgan fingerprint density at radius 3 is 2.47 bits per heavy atom. The van der Waals surface area contributed by atoms with Gasteiger partial charge in [0.15, 0.2) is 9.84 Å². The van der Waals surface area contributed by atoms with Crippen molar-refractivity contribution in [1.29, 1.82) is 0 Å². The maximum Gasteiger partial charge on any atom is 0.255 e. The first-order chi connectivity index (χ1) is 14.0. The fourth-order valence-electron chi connectivity index (χ4n) is 3.51. The average molecular weight is 451 g/mol. The second-order valence-electron chi connectivity index (χ2n) is 7.90. The van der Waals surface area contributed by atoms with Crippen molar-refractivity contribution in [1.82, 2.24) is 4.72 Å². The predicted molar refractivity (Wildman–Crippen MR) is 117 cm³/mol. The smallest absolute Gasteiger partial charge is 0.255 e. The maximum absolute atomic E-state index is 12.8. The highest BCUT2D eigenvalue weighted by Crippen LogP contribution is 2.28. The van der Waals surface area contributed by atoms with E-state index in [-0.39, 0.29) is 34.3 Å². The van der Waals surface area contributed by atoms with Crippen LogP contribution in [0.2, 0.25) is 0 Å². The molecule has 9 heteroatoms. The molecule has 0 aliphatic carbocycles. The lowest BCUT2D eigenvalue weighted by Crippen LogP contribution is -2.35. The summed E-state index contributed by atoms with van der Waals surface area (Å²) in [5, 5.41) is 2.91. The Morgan fingerprint density at radius 1 is 1.13 bits per heavy atom. The van der Waals surface area contributed by atoms with Gasteiger partial charge in [-0.1, -0.05) is 38.1 Å². The van der Waals surface area contributed by atoms with Gasteiger partial charge in [0.1, 0.15) is 0 Å². The van der Waals surface area contributed by atoms with Crippen LogP contribution in [0, 0.1) is 6.92 Å². The number of sulfonamides is 1. The molecular formula is C21H26N2O5S2. The van der Waals surface area contributed by atoms with E-state index in [9.17, 15) is 21.6 Å². The van der Waals surface area contributed by atoms with Gasteiger partial charge in [0, 0.05) is 17.3 Å². The molecule has 1 aliphatic rings. The third-order valence-electron chi connectivity index (χ3n) is 5.13. The topological polar surface area (TPSA) is 109 Å². The Balaban J connectivity index is 1.83. The van der Waals surface area contributed by atoms with Gasteiger partial charge < -0.3 is 5.32 Å². The van der Waals surface area contributed by atoms with Crippen LogP contribution in [-0.2, 0) is 19.9 Å². The summed E-state index contributed by atoms with van der Waals surface area (Å²) in [6.45, 7) is 5.97. The standard InChI is InChI=1S/C21H26N2O5S2/c1-14(2)19-9-4-6-15(3)20(19)22-21(24)16-7-5-8-18(12-16)30(27,28)23-17-10-11-29(25,26)13-17/h4-9,12,14,17,23H,10-11,13H2,1-3H3,(H,22,24). The normalized spacial score (nSPS) is 18.5. The first kappa shape index (κ1) is 22.5. The Bertz CT molecular complexity index is 1170. The van der Waals surface area contributed by atoms with E-state index < -0.39 is 31.8 Å². The molecule has 1 aliphatic heterocycles. The first-order valence-corrected chi connectivity index (χ1v) is 13.0. The lowest BCUT2D eigenvalue weighted by atomic mass is 9.98. The molecule has 0 aromatic heterocycles. The summed E-state index contributed by atoms with van der Waals surface area (Å²) in [5.74, 6) is -0.444. The molecule has 162 valence electrons. The highest BCUT2D eigenvalue weighted by atomic mass is 32.2. The molecule has 0 spiro atoms. The number of para-hydroxylation sites is 1. The monoisotopic (exact) mass is 450 g/mol. The molecule has 0 radical (unpaired) electrons.